The van der Waals surface area contributed by atoms with Crippen LogP contribution in [0.2, 0.25) is 0 Å². The van der Waals surface area contributed by atoms with E-state index in [0.717, 1.165) is 24.3 Å². The van der Waals surface area contributed by atoms with E-state index < -0.39 is 0 Å². The van der Waals surface area contributed by atoms with Gasteiger partial charge >= 0.3 is 0 Å². The molecule has 0 spiro atoms. The van der Waals surface area contributed by atoms with Gasteiger partial charge in [0, 0.05) is 25.1 Å². The molecule has 1 unspecified atom stereocenters. The zero-order valence-electron chi connectivity index (χ0n) is 12.3. The molecular formula is C15H22ClN3O2. The number of carbonyl (C=O) groups excluding carboxylic acids is 2. The van der Waals surface area contributed by atoms with Gasteiger partial charge in [-0.3, -0.25) is 9.59 Å². The Kier molecular flexibility index (Phi) is 6.65. The number of carbonyl (C=O) groups is 2. The van der Waals surface area contributed by atoms with Crippen molar-refractivity contribution in [1.29, 1.82) is 0 Å². The largest absolute Gasteiger partial charge is 0.352 e. The van der Waals surface area contributed by atoms with E-state index in [1.54, 1.807) is 0 Å². The Balaban J connectivity index is 0.00000220. The van der Waals surface area contributed by atoms with Crippen molar-refractivity contribution in [1.82, 2.24) is 10.6 Å². The highest BCUT2D eigenvalue weighted by Crippen LogP contribution is 2.18. The third-order valence-corrected chi connectivity index (χ3v) is 3.70. The van der Waals surface area contributed by atoms with Crippen LogP contribution in [0, 0.1) is 11.8 Å². The predicted octanol–water partition coefficient (Wildman–Crippen LogP) is 1.54. The molecule has 1 aliphatic rings. The first kappa shape index (κ1) is 17.5. The Morgan fingerprint density at radius 3 is 2.38 bits per heavy atom. The van der Waals surface area contributed by atoms with Crippen molar-refractivity contribution in [3.63, 3.8) is 0 Å². The van der Waals surface area contributed by atoms with E-state index >= 15 is 0 Å². The zero-order chi connectivity index (χ0) is 14.5. The summed E-state index contributed by atoms with van der Waals surface area (Å²) in [6.07, 6.45) is 0. The first-order valence-electron chi connectivity index (χ1n) is 6.91. The lowest BCUT2D eigenvalue weighted by Gasteiger charge is -2.31. The third-order valence-electron chi connectivity index (χ3n) is 3.70. The molecule has 3 N–H and O–H groups in total. The van der Waals surface area contributed by atoms with Crippen molar-refractivity contribution in [3.8, 4) is 0 Å². The molecule has 1 aromatic carbocycles. The molecule has 116 valence electrons. The van der Waals surface area contributed by atoms with Gasteiger partial charge in [-0.1, -0.05) is 19.1 Å². The Morgan fingerprint density at radius 2 is 1.90 bits per heavy atom. The van der Waals surface area contributed by atoms with Crippen LogP contribution in [0.25, 0.3) is 0 Å². The van der Waals surface area contributed by atoms with Gasteiger partial charge in [0.1, 0.15) is 0 Å². The fourth-order valence-electron chi connectivity index (χ4n) is 2.07. The van der Waals surface area contributed by atoms with E-state index in [4.69, 9.17) is 0 Å². The molecule has 0 radical (unpaired) electrons. The zero-order valence-corrected chi connectivity index (χ0v) is 13.1. The van der Waals surface area contributed by atoms with Crippen molar-refractivity contribution >= 4 is 29.9 Å². The van der Waals surface area contributed by atoms with Crippen molar-refractivity contribution < 1.29 is 9.59 Å². The fraction of sp³-hybridized carbons (Fsp3) is 0.467. The highest BCUT2D eigenvalue weighted by Gasteiger charge is 2.28. The minimum atomic E-state index is -0.0506. The summed E-state index contributed by atoms with van der Waals surface area (Å²) in [6, 6.07) is 7.53. The molecule has 1 aliphatic heterocycles. The number of benzene rings is 1. The molecule has 6 heteroatoms. The lowest BCUT2D eigenvalue weighted by molar-refractivity contribution is -0.121. The Morgan fingerprint density at radius 1 is 1.29 bits per heavy atom. The van der Waals surface area contributed by atoms with E-state index in [2.05, 4.69) is 16.0 Å². The monoisotopic (exact) mass is 311 g/mol. The second-order valence-corrected chi connectivity index (χ2v) is 5.30. The molecule has 0 aromatic heterocycles. The lowest BCUT2D eigenvalue weighted by Crippen LogP contribution is -2.48. The van der Waals surface area contributed by atoms with Crippen molar-refractivity contribution in [3.05, 3.63) is 29.8 Å². The highest BCUT2D eigenvalue weighted by atomic mass is 35.5. The van der Waals surface area contributed by atoms with E-state index in [1.165, 1.54) is 6.92 Å². The van der Waals surface area contributed by atoms with Gasteiger partial charge in [0.2, 0.25) is 11.8 Å². The summed E-state index contributed by atoms with van der Waals surface area (Å²) in [6.45, 7) is 5.81. The number of hydrogen-bond donors (Lipinski definition) is 3. The molecule has 21 heavy (non-hydrogen) atoms. The molecule has 0 bridgehead atoms. The van der Waals surface area contributed by atoms with Crippen LogP contribution < -0.4 is 16.0 Å². The molecule has 2 rings (SSSR count). The summed E-state index contributed by atoms with van der Waals surface area (Å²) in [7, 11) is 0. The Labute approximate surface area is 131 Å². The number of anilines is 1. The Bertz CT molecular complexity index is 486. The maximum atomic E-state index is 12.1. The number of hydrogen-bond acceptors (Lipinski definition) is 3. The Hall–Kier alpha value is -1.59. The predicted molar refractivity (Wildman–Crippen MR) is 85.4 cm³/mol. The van der Waals surface area contributed by atoms with Gasteiger partial charge in [0.05, 0.1) is 0 Å². The van der Waals surface area contributed by atoms with E-state index in [1.807, 2.05) is 31.2 Å². The van der Waals surface area contributed by atoms with Gasteiger partial charge in [0.25, 0.3) is 0 Å². The lowest BCUT2D eigenvalue weighted by atomic mass is 9.88. The second kappa shape index (κ2) is 8.00. The maximum absolute atomic E-state index is 12.1. The highest BCUT2D eigenvalue weighted by molar-refractivity contribution is 5.92. The third kappa shape index (κ3) is 5.02. The molecule has 1 fully saturated rings. The fourth-order valence-corrected chi connectivity index (χ4v) is 2.07. The smallest absolute Gasteiger partial charge is 0.227 e. The quantitative estimate of drug-likeness (QED) is 0.772. The minimum Gasteiger partial charge on any atom is -0.352 e. The molecule has 1 aromatic rings. The number of amides is 2. The van der Waals surface area contributed by atoms with Gasteiger partial charge in [-0.05, 0) is 36.7 Å². The summed E-state index contributed by atoms with van der Waals surface area (Å²) >= 11 is 0. The molecule has 1 saturated heterocycles. The molecule has 1 heterocycles. The first-order chi connectivity index (χ1) is 9.56. The maximum Gasteiger partial charge on any atom is 0.227 e. The van der Waals surface area contributed by atoms with E-state index in [9.17, 15) is 9.59 Å². The second-order valence-electron chi connectivity index (χ2n) is 5.30. The van der Waals surface area contributed by atoms with Crippen LogP contribution in [0.15, 0.2) is 24.3 Å². The molecule has 0 aliphatic carbocycles. The van der Waals surface area contributed by atoms with Crippen molar-refractivity contribution in [2.24, 2.45) is 11.8 Å². The van der Waals surface area contributed by atoms with Gasteiger partial charge < -0.3 is 16.0 Å². The number of nitrogens with one attached hydrogen (secondary N) is 3. The van der Waals surface area contributed by atoms with Gasteiger partial charge in [-0.2, -0.15) is 0 Å². The number of halogens is 1. The van der Waals surface area contributed by atoms with Crippen LogP contribution in [0.3, 0.4) is 0 Å². The van der Waals surface area contributed by atoms with Crippen molar-refractivity contribution in [2.45, 2.75) is 20.4 Å². The summed E-state index contributed by atoms with van der Waals surface area (Å²) in [5.41, 5.74) is 1.80. The standard InChI is InChI=1S/C15H21N3O2.ClH/c1-10(13-8-16-9-13)15(20)18-14-5-3-12(4-6-14)7-17-11(2)19;/h3-6,10,13,16H,7-9H2,1-2H3,(H,17,19)(H,18,20);1H. The first-order valence-corrected chi connectivity index (χ1v) is 6.91. The normalized spacial score (nSPS) is 15.3. The van der Waals surface area contributed by atoms with E-state index in [-0.39, 0.29) is 30.1 Å². The minimum absolute atomic E-state index is 0. The average Bonchev–Trinajstić information content (AvgIpc) is 2.35. The summed E-state index contributed by atoms with van der Waals surface area (Å²) in [5, 5.41) is 8.84. The topological polar surface area (TPSA) is 70.2 Å². The van der Waals surface area contributed by atoms with Crippen LogP contribution in [-0.4, -0.2) is 24.9 Å². The summed E-state index contributed by atoms with van der Waals surface area (Å²) < 4.78 is 0. The van der Waals surface area contributed by atoms with Crippen LogP contribution >= 0.6 is 12.4 Å². The molecule has 0 saturated carbocycles. The van der Waals surface area contributed by atoms with E-state index in [0.29, 0.717) is 12.5 Å². The molecular weight excluding hydrogens is 290 g/mol. The van der Waals surface area contributed by atoms with Gasteiger partial charge in [-0.15, -0.1) is 12.4 Å². The summed E-state index contributed by atoms with van der Waals surface area (Å²) in [5.74, 6) is 0.473. The summed E-state index contributed by atoms with van der Waals surface area (Å²) in [4.78, 5) is 22.9. The molecule has 1 atom stereocenters. The van der Waals surface area contributed by atoms with Gasteiger partial charge in [-0.25, -0.2) is 0 Å². The van der Waals surface area contributed by atoms with Crippen LogP contribution in [-0.2, 0) is 16.1 Å². The SMILES string of the molecule is CC(=O)NCc1ccc(NC(=O)C(C)C2CNC2)cc1.Cl. The van der Waals surface area contributed by atoms with Gasteiger partial charge in [0.15, 0.2) is 0 Å². The van der Waals surface area contributed by atoms with Crippen LogP contribution in [0.1, 0.15) is 19.4 Å². The number of rotatable bonds is 5. The molecule has 2 amide bonds. The van der Waals surface area contributed by atoms with Crippen LogP contribution in [0.5, 0.6) is 0 Å². The van der Waals surface area contributed by atoms with Crippen molar-refractivity contribution in [2.75, 3.05) is 18.4 Å². The average molecular weight is 312 g/mol. The van der Waals surface area contributed by atoms with Crippen LogP contribution in [0.4, 0.5) is 5.69 Å². The molecule has 5 nitrogen and oxygen atoms in total.